The summed E-state index contributed by atoms with van der Waals surface area (Å²) in [6.45, 7) is 21.2. The van der Waals surface area contributed by atoms with Crippen LogP contribution in [0.25, 0.3) is 43.6 Å². The molecule has 9 fully saturated rings. The van der Waals surface area contributed by atoms with E-state index in [1.165, 1.54) is 115 Å². The van der Waals surface area contributed by atoms with Gasteiger partial charge in [-0.15, -0.1) is 0 Å². The molecule has 21 nitrogen and oxygen atoms in total. The summed E-state index contributed by atoms with van der Waals surface area (Å²) in [6, 6.07) is 59.3. The van der Waals surface area contributed by atoms with Crippen molar-refractivity contribution in [2.75, 3.05) is 140 Å². The Hall–Kier alpha value is -10.5. The van der Waals surface area contributed by atoms with Crippen molar-refractivity contribution < 1.29 is 28.5 Å². The zero-order chi connectivity index (χ0) is 90.5. The predicted molar refractivity (Wildman–Crippen MR) is 536 cm³/mol. The van der Waals surface area contributed by atoms with Crippen molar-refractivity contribution in [2.45, 2.75) is 216 Å². The maximum Gasteiger partial charge on any atom is 0.150 e. The molecule has 3 N–H and O–H groups in total. The number of nitrogens with two attached hydrogens (primary N) is 1. The maximum absolute atomic E-state index is 11.3. The summed E-state index contributed by atoms with van der Waals surface area (Å²) in [4.78, 5) is 63.3. The number of carbonyl (C=O) groups excluding carboxylic acids is 1. The number of para-hydroxylation sites is 4. The van der Waals surface area contributed by atoms with Crippen LogP contribution in [-0.2, 0) is 17.8 Å². The third-order valence-corrected chi connectivity index (χ3v) is 27.7. The minimum absolute atomic E-state index is 0.490. The molecule has 8 aromatic carbocycles. The zero-order valence-corrected chi connectivity index (χ0v) is 80.1. The largest absolute Gasteiger partial charge is 0.496 e. The first-order chi connectivity index (χ1) is 64.3. The minimum atomic E-state index is 0.490. The Morgan fingerprint density at radius 1 is 0.397 bits per heavy atom. The number of hydrogen-bond acceptors (Lipinski definition) is 21. The smallest absolute Gasteiger partial charge is 0.150 e. The van der Waals surface area contributed by atoms with Crippen molar-refractivity contribution in [1.29, 1.82) is 0 Å². The first kappa shape index (κ1) is 93.7. The van der Waals surface area contributed by atoms with E-state index in [0.29, 0.717) is 52.9 Å². The summed E-state index contributed by atoms with van der Waals surface area (Å²) in [7, 11) is 9.25. The molecule has 5 aliphatic heterocycles. The number of hydrogen-bond donors (Lipinski definition) is 2. The molecule has 4 aliphatic carbocycles. The Labute approximate surface area is 784 Å². The van der Waals surface area contributed by atoms with Crippen LogP contribution in [0.1, 0.15) is 270 Å². The Morgan fingerprint density at radius 2 is 0.718 bits per heavy atom. The number of aromatic nitrogens is 8. The molecule has 21 rings (SSSR count). The normalized spacial score (nSPS) is 17.3. The van der Waals surface area contributed by atoms with Crippen molar-refractivity contribution in [2.24, 2.45) is 5.73 Å². The number of aldehydes is 1. The van der Waals surface area contributed by atoms with E-state index < -0.39 is 0 Å². The number of benzene rings is 8. The fourth-order valence-corrected chi connectivity index (χ4v) is 19.6. The highest BCUT2D eigenvalue weighted by Gasteiger charge is 2.36. The first-order valence-corrected chi connectivity index (χ1v) is 49.7. The molecule has 0 bridgehead atoms. The Bertz CT molecular complexity index is 5740. The van der Waals surface area contributed by atoms with Gasteiger partial charge in [-0.3, -0.25) is 4.79 Å². The lowest BCUT2D eigenvalue weighted by Gasteiger charge is -2.34. The summed E-state index contributed by atoms with van der Waals surface area (Å²) in [6.07, 6.45) is 25.3. The van der Waals surface area contributed by atoms with Gasteiger partial charge in [0.1, 0.15) is 75.9 Å². The van der Waals surface area contributed by atoms with Crippen LogP contribution in [0.3, 0.4) is 0 Å². The molecule has 690 valence electrons. The number of methoxy groups -OCH3 is 4. The molecule has 131 heavy (non-hydrogen) atoms. The van der Waals surface area contributed by atoms with Crippen LogP contribution in [0.2, 0.25) is 0 Å². The molecule has 4 saturated carbocycles. The second kappa shape index (κ2) is 45.8. The molecular weight excluding hydrogens is 1700 g/mol. The van der Waals surface area contributed by atoms with Crippen molar-refractivity contribution in [1.82, 2.24) is 50.1 Å². The van der Waals surface area contributed by atoms with E-state index in [2.05, 4.69) is 207 Å². The van der Waals surface area contributed by atoms with E-state index in [-0.39, 0.29) is 0 Å². The van der Waals surface area contributed by atoms with Gasteiger partial charge in [0.15, 0.2) is 0 Å². The van der Waals surface area contributed by atoms with Gasteiger partial charge in [-0.2, -0.15) is 0 Å². The molecule has 12 aromatic rings. The summed E-state index contributed by atoms with van der Waals surface area (Å²) < 4.78 is 28.5. The van der Waals surface area contributed by atoms with Crippen molar-refractivity contribution in [3.8, 4) is 23.0 Å². The monoisotopic (exact) mass is 1830 g/mol. The van der Waals surface area contributed by atoms with Crippen LogP contribution in [0.5, 0.6) is 23.0 Å². The van der Waals surface area contributed by atoms with Crippen molar-refractivity contribution in [3.05, 3.63) is 237 Å². The second-order valence-electron chi connectivity index (χ2n) is 37.0. The van der Waals surface area contributed by atoms with E-state index in [9.17, 15) is 4.79 Å². The van der Waals surface area contributed by atoms with Gasteiger partial charge in [0.05, 0.1) is 50.5 Å². The summed E-state index contributed by atoms with van der Waals surface area (Å²) in [5.41, 5.74) is 17.8. The number of ether oxygens (including phenoxy) is 5. The van der Waals surface area contributed by atoms with E-state index in [4.69, 9.17) is 69.3 Å². The Morgan fingerprint density at radius 3 is 1.03 bits per heavy atom. The summed E-state index contributed by atoms with van der Waals surface area (Å²) in [5, 5.41) is 8.05. The summed E-state index contributed by atoms with van der Waals surface area (Å²) >= 11 is 3.62. The molecule has 9 aliphatic rings. The molecule has 0 radical (unpaired) electrons. The number of halogens is 1. The van der Waals surface area contributed by atoms with Gasteiger partial charge in [0, 0.05) is 134 Å². The molecule has 0 spiro atoms. The lowest BCUT2D eigenvalue weighted by atomic mass is 9.88. The maximum atomic E-state index is 11.3. The van der Waals surface area contributed by atoms with Crippen LogP contribution in [-0.4, -0.2) is 172 Å². The standard InChI is InChI=1S/C28H36N4O.C27H34N4O.C24H25N3O2.C23H24BrN3O.C4H8O.C3H9N/c1-4-15-31(2)19-20-9-12-25-24(18-20)28(30-27(29-25)22-10-11-22)32-16-13-21(14-17-32)23-7-5-6-8-26(23)33-3;1-3-14-28-18-19-8-11-24-23(17-19)27(30-26(29-24)21-9-10-21)31-15-12-20(13-16-31)22-6-4-5-7-25(22)32-2;1-29-22-5-3-2-4-19(22)17-10-12-27(13-11-17)24-20-14-16(15-28)6-9-21(20)25-23(26-24)18-7-8-18;1-28-21-5-3-2-4-18(21)15-10-12-27(13-11-15)23-19-14-17(24)8-9-20(19)25-22(26-23)16-6-7-16;1-2-4-5-3-1;1-2-3-4/h5-9,12,18,21-22H,4,10-11,13-17,19H2,1-3H3;4-8,11,17,20-21,28H,3,9-10,12-16,18H2,1-2H3;2-6,9,14-15,17-18H,7-8,10-13H2,1H3;2-5,8-9,14-16H,6-7,10-13H2,1H3;1-4H2;2-4H2,1H3. The molecule has 4 aromatic heterocycles. The highest BCUT2D eigenvalue weighted by atomic mass is 79.9. The number of carbonyl (C=O) groups is 1. The van der Waals surface area contributed by atoms with Gasteiger partial charge in [-0.1, -0.05) is 122 Å². The van der Waals surface area contributed by atoms with E-state index in [0.717, 1.165) is 276 Å². The minimum Gasteiger partial charge on any atom is -0.496 e. The lowest BCUT2D eigenvalue weighted by Crippen LogP contribution is -2.34. The van der Waals surface area contributed by atoms with Gasteiger partial charge >= 0.3 is 0 Å². The SMILES string of the molecule is C1CCOC1.CCCN.CCCN(C)Cc1ccc2nc(C3CC3)nc(N3CCC(c4ccccc4OC)CC3)c2c1.CCCNCc1ccc2nc(C3CC3)nc(N3CCC(c4ccccc4OC)CC3)c2c1.COc1ccccc1C1CCN(c2nc(C3CC3)nc3ccc(Br)cc23)CC1.COc1ccccc1C1CCN(c2nc(C3CC3)nc3ccc(C=O)cc23)CC1. The topological polar surface area (TPSA) is 221 Å². The van der Waals surface area contributed by atoms with E-state index in [1.807, 2.05) is 36.4 Å². The number of rotatable bonds is 26. The van der Waals surface area contributed by atoms with Gasteiger partial charge in [-0.05, 0) is 304 Å². The molecule has 22 heteroatoms. The number of fused-ring (bicyclic) bond motifs is 4. The van der Waals surface area contributed by atoms with Gasteiger partial charge in [-0.25, -0.2) is 39.9 Å². The molecule has 5 saturated heterocycles. The first-order valence-electron chi connectivity index (χ1n) is 48.9. The number of anilines is 4. The quantitative estimate of drug-likeness (QED) is 0.0380. The number of piperidine rings is 4. The molecule has 0 amide bonds. The van der Waals surface area contributed by atoms with E-state index in [1.54, 1.807) is 28.4 Å². The molecule has 9 heterocycles. The Kier molecular flexibility index (Phi) is 32.7. The fraction of sp³-hybridized carbons (Fsp3) is 0.477. The number of nitrogens with one attached hydrogen (secondary N) is 1. The Balaban J connectivity index is 0.000000124. The second-order valence-corrected chi connectivity index (χ2v) is 37.9. The van der Waals surface area contributed by atoms with Crippen molar-refractivity contribution >= 4 is 89.1 Å². The van der Waals surface area contributed by atoms with Crippen LogP contribution in [0, 0.1) is 0 Å². The lowest BCUT2D eigenvalue weighted by molar-refractivity contribution is 0.112. The molecule has 0 unspecified atom stereocenters. The third kappa shape index (κ3) is 24.1. The van der Waals surface area contributed by atoms with Crippen LogP contribution < -0.4 is 49.6 Å². The van der Waals surface area contributed by atoms with Crippen LogP contribution >= 0.6 is 15.9 Å². The fourth-order valence-electron chi connectivity index (χ4n) is 19.3. The van der Waals surface area contributed by atoms with Gasteiger partial charge in [0.25, 0.3) is 0 Å². The highest BCUT2D eigenvalue weighted by Crippen LogP contribution is 2.48. The van der Waals surface area contributed by atoms with Gasteiger partial charge in [0.2, 0.25) is 0 Å². The number of nitrogens with zero attached hydrogens (tertiary/aromatic N) is 13. The van der Waals surface area contributed by atoms with Crippen LogP contribution in [0.15, 0.2) is 174 Å². The predicted octanol–water partition coefficient (Wildman–Crippen LogP) is 22.7. The highest BCUT2D eigenvalue weighted by molar-refractivity contribution is 9.10. The van der Waals surface area contributed by atoms with Crippen LogP contribution in [0.4, 0.5) is 23.3 Å². The molecular formula is C109H136BrN15O6. The molecule has 0 atom stereocenters. The average Bonchev–Trinajstić information content (AvgIpc) is 1.77. The van der Waals surface area contributed by atoms with Gasteiger partial charge < -0.3 is 59.2 Å². The van der Waals surface area contributed by atoms with Crippen molar-refractivity contribution in [3.63, 3.8) is 0 Å². The van der Waals surface area contributed by atoms with E-state index >= 15 is 0 Å². The summed E-state index contributed by atoms with van der Waals surface area (Å²) in [5.74, 6) is 16.7. The average molecular weight is 1830 g/mol. The zero-order valence-electron chi connectivity index (χ0n) is 78.5. The third-order valence-electron chi connectivity index (χ3n) is 27.2.